The first-order valence-electron chi connectivity index (χ1n) is 7.69. The van der Waals surface area contributed by atoms with Crippen LogP contribution in [0.4, 0.5) is 0 Å². The van der Waals surface area contributed by atoms with Crippen LogP contribution in [-0.2, 0) is 4.43 Å². The van der Waals surface area contributed by atoms with Gasteiger partial charge < -0.3 is 4.43 Å². The highest BCUT2D eigenvalue weighted by Crippen LogP contribution is 2.44. The van der Waals surface area contributed by atoms with Gasteiger partial charge in [0.1, 0.15) is 4.60 Å². The molecule has 1 aromatic heterocycles. The lowest BCUT2D eigenvalue weighted by molar-refractivity contribution is 0.0371. The molecule has 1 aliphatic rings. The van der Waals surface area contributed by atoms with Gasteiger partial charge in [0.05, 0.1) is 24.1 Å². The fraction of sp³-hybridized carbons (Fsp3) is 0.733. The molecule has 7 heteroatoms. The molecule has 0 unspecified atom stereocenters. The zero-order chi connectivity index (χ0) is 16.5. The number of aromatic nitrogens is 2. The summed E-state index contributed by atoms with van der Waals surface area (Å²) in [6.07, 6.45) is 5.98. The van der Waals surface area contributed by atoms with Crippen LogP contribution in [-0.4, -0.2) is 24.4 Å². The predicted octanol–water partition coefficient (Wildman–Crippen LogP) is 4.52. The first kappa shape index (κ1) is 18.4. The number of rotatable bonds is 5. The number of nitrogens with zero attached hydrogens (tertiary/aromatic N) is 2. The minimum absolute atomic E-state index is 0.118. The molecule has 1 heterocycles. The number of halogens is 1. The minimum Gasteiger partial charge on any atom is -0.414 e. The van der Waals surface area contributed by atoms with Gasteiger partial charge in [0.25, 0.3) is 0 Å². The highest BCUT2D eigenvalue weighted by molar-refractivity contribution is 9.10. The van der Waals surface area contributed by atoms with Crippen molar-refractivity contribution in [3.05, 3.63) is 22.7 Å². The van der Waals surface area contributed by atoms with Crippen LogP contribution < -0.4 is 4.72 Å². The molecular formula is C15H26BrN3OSSi. The molecule has 124 valence electrons. The normalized spacial score (nSPS) is 24.0. The van der Waals surface area contributed by atoms with E-state index in [0.29, 0.717) is 12.0 Å². The fourth-order valence-electron chi connectivity index (χ4n) is 2.49. The third-order valence-corrected chi connectivity index (χ3v) is 10.1. The molecule has 0 aliphatic heterocycles. The lowest BCUT2D eigenvalue weighted by Gasteiger charge is -2.46. The summed E-state index contributed by atoms with van der Waals surface area (Å²) >= 11 is 7.66. The van der Waals surface area contributed by atoms with Crippen LogP contribution in [0.5, 0.6) is 0 Å². The number of thiol groups is 1. The molecule has 1 aromatic rings. The largest absolute Gasteiger partial charge is 0.414 e. The van der Waals surface area contributed by atoms with Gasteiger partial charge in [-0.3, -0.25) is 9.71 Å². The monoisotopic (exact) mass is 403 g/mol. The molecule has 0 bridgehead atoms. The lowest BCUT2D eigenvalue weighted by Crippen LogP contribution is -2.49. The van der Waals surface area contributed by atoms with Crippen LogP contribution in [0.2, 0.25) is 18.1 Å². The van der Waals surface area contributed by atoms with Crippen molar-refractivity contribution in [3.8, 4) is 0 Å². The summed E-state index contributed by atoms with van der Waals surface area (Å²) in [7, 11) is -1.68. The fourth-order valence-corrected chi connectivity index (χ4v) is 4.53. The van der Waals surface area contributed by atoms with Crippen LogP contribution in [0, 0.1) is 5.92 Å². The molecule has 2 rings (SSSR count). The Hall–Kier alpha value is 0.0469. The standard InChI is InChI=1S/C15H26BrN3OSSi/c1-15(2,3)22(4,5)20-11-6-10(7-11)14(19-21)12-8-17-9-13(16)18-12/h8-11,14,19,21H,6-7H2,1-5H3/t10?,11?,14-/m0/s1. The van der Waals surface area contributed by atoms with Crippen LogP contribution in [0.15, 0.2) is 17.0 Å². The van der Waals surface area contributed by atoms with Gasteiger partial charge in [0, 0.05) is 6.10 Å². The molecule has 22 heavy (non-hydrogen) atoms. The van der Waals surface area contributed by atoms with Gasteiger partial charge in [0.2, 0.25) is 0 Å². The molecule has 0 aromatic carbocycles. The van der Waals surface area contributed by atoms with E-state index in [4.69, 9.17) is 4.43 Å². The summed E-state index contributed by atoms with van der Waals surface area (Å²) in [4.78, 5) is 8.69. The Morgan fingerprint density at radius 2 is 2.00 bits per heavy atom. The van der Waals surface area contributed by atoms with E-state index in [9.17, 15) is 0 Å². The van der Waals surface area contributed by atoms with Crippen molar-refractivity contribution in [2.24, 2.45) is 5.92 Å². The van der Waals surface area contributed by atoms with Crippen LogP contribution in [0.25, 0.3) is 0 Å². The molecule has 1 atom stereocenters. The Morgan fingerprint density at radius 1 is 1.36 bits per heavy atom. The summed E-state index contributed by atoms with van der Waals surface area (Å²) < 4.78 is 10.3. The van der Waals surface area contributed by atoms with E-state index in [1.54, 1.807) is 12.4 Å². The zero-order valence-corrected chi connectivity index (χ0v) is 17.4. The average molecular weight is 404 g/mol. The zero-order valence-electron chi connectivity index (χ0n) is 13.9. The summed E-state index contributed by atoms with van der Waals surface area (Å²) in [6.45, 7) is 11.5. The second kappa shape index (κ2) is 6.89. The van der Waals surface area contributed by atoms with E-state index in [1.807, 2.05) is 0 Å². The summed E-state index contributed by atoms with van der Waals surface area (Å²) in [5.41, 5.74) is 0.931. The van der Waals surface area contributed by atoms with Gasteiger partial charge in [-0.15, -0.1) is 0 Å². The van der Waals surface area contributed by atoms with E-state index >= 15 is 0 Å². The second-order valence-electron chi connectivity index (χ2n) is 7.61. The van der Waals surface area contributed by atoms with Gasteiger partial charge in [-0.25, -0.2) is 4.98 Å². The van der Waals surface area contributed by atoms with Crippen molar-refractivity contribution >= 4 is 37.1 Å². The molecule has 0 radical (unpaired) electrons. The Labute approximate surface area is 148 Å². The van der Waals surface area contributed by atoms with E-state index in [2.05, 4.69) is 77.3 Å². The van der Waals surface area contributed by atoms with Crippen molar-refractivity contribution in [3.63, 3.8) is 0 Å². The second-order valence-corrected chi connectivity index (χ2v) is 13.4. The molecule has 1 aliphatic carbocycles. The Bertz CT molecular complexity index is 518. The molecule has 0 amide bonds. The number of nitrogens with one attached hydrogen (secondary N) is 1. The van der Waals surface area contributed by atoms with E-state index in [0.717, 1.165) is 23.1 Å². The first-order valence-corrected chi connectivity index (χ1v) is 11.8. The maximum Gasteiger partial charge on any atom is 0.192 e. The number of hydrogen-bond donors (Lipinski definition) is 2. The highest BCUT2D eigenvalue weighted by atomic mass is 79.9. The van der Waals surface area contributed by atoms with Crippen molar-refractivity contribution < 1.29 is 4.43 Å². The lowest BCUT2D eigenvalue weighted by atomic mass is 9.76. The van der Waals surface area contributed by atoms with Crippen molar-refractivity contribution in [1.82, 2.24) is 14.7 Å². The van der Waals surface area contributed by atoms with Gasteiger partial charge in [0.15, 0.2) is 8.32 Å². The minimum atomic E-state index is -1.68. The Kier molecular flexibility index (Phi) is 5.76. The molecule has 0 saturated heterocycles. The first-order chi connectivity index (χ1) is 10.1. The average Bonchev–Trinajstić information content (AvgIpc) is 2.35. The molecule has 1 fully saturated rings. The molecular weight excluding hydrogens is 378 g/mol. The van der Waals surface area contributed by atoms with Crippen molar-refractivity contribution in [2.75, 3.05) is 0 Å². The van der Waals surface area contributed by atoms with Crippen molar-refractivity contribution in [1.29, 1.82) is 0 Å². The van der Waals surface area contributed by atoms with Crippen LogP contribution >= 0.6 is 28.7 Å². The summed E-state index contributed by atoms with van der Waals surface area (Å²) in [5.74, 6) is 0.496. The van der Waals surface area contributed by atoms with Gasteiger partial charge in [-0.1, -0.05) is 33.6 Å². The topological polar surface area (TPSA) is 47.0 Å². The predicted molar refractivity (Wildman–Crippen MR) is 99.4 cm³/mol. The maximum absolute atomic E-state index is 6.46. The van der Waals surface area contributed by atoms with Gasteiger partial charge in [-0.2, -0.15) is 0 Å². The molecule has 1 N–H and O–H groups in total. The van der Waals surface area contributed by atoms with Crippen molar-refractivity contribution in [2.45, 2.75) is 63.9 Å². The Balaban J connectivity index is 1.95. The summed E-state index contributed by atoms with van der Waals surface area (Å²) in [6, 6.07) is 0.118. The third-order valence-electron chi connectivity index (χ3n) is 4.95. The van der Waals surface area contributed by atoms with Gasteiger partial charge >= 0.3 is 0 Å². The molecule has 4 nitrogen and oxygen atoms in total. The Morgan fingerprint density at radius 3 is 2.50 bits per heavy atom. The van der Waals surface area contributed by atoms with Crippen LogP contribution in [0.3, 0.4) is 0 Å². The molecule has 1 saturated carbocycles. The third kappa shape index (κ3) is 4.11. The van der Waals surface area contributed by atoms with Crippen LogP contribution in [0.1, 0.15) is 45.3 Å². The summed E-state index contributed by atoms with van der Waals surface area (Å²) in [5, 5.41) is 0.259. The van der Waals surface area contributed by atoms with E-state index < -0.39 is 8.32 Å². The highest BCUT2D eigenvalue weighted by Gasteiger charge is 2.44. The quantitative estimate of drug-likeness (QED) is 0.560. The van der Waals surface area contributed by atoms with E-state index in [1.165, 1.54) is 0 Å². The number of hydrogen-bond acceptors (Lipinski definition) is 5. The molecule has 0 spiro atoms. The smallest absolute Gasteiger partial charge is 0.192 e. The maximum atomic E-state index is 6.46. The SMILES string of the molecule is CC(C)(C)[Si](C)(C)OC1CC([C@H](NS)c2cncc(Br)n2)C1. The van der Waals surface area contributed by atoms with Gasteiger partial charge in [-0.05, 0) is 52.8 Å². The van der Waals surface area contributed by atoms with E-state index in [-0.39, 0.29) is 11.1 Å².